The third-order valence-electron chi connectivity index (χ3n) is 3.77. The first-order valence-corrected chi connectivity index (χ1v) is 9.98. The van der Waals surface area contributed by atoms with Crippen molar-refractivity contribution in [2.45, 2.75) is 24.8 Å². The Balaban J connectivity index is 2.16. The molecule has 0 fully saturated rings. The molecular formula is C19H21NO6S. The average molecular weight is 391 g/mol. The van der Waals surface area contributed by atoms with Gasteiger partial charge in [0.15, 0.2) is 15.9 Å². The van der Waals surface area contributed by atoms with Crippen LogP contribution in [-0.4, -0.2) is 39.8 Å². The van der Waals surface area contributed by atoms with Crippen molar-refractivity contribution >= 4 is 27.4 Å². The second kappa shape index (κ2) is 8.22. The minimum Gasteiger partial charge on any atom is -0.495 e. The lowest BCUT2D eigenvalue weighted by molar-refractivity contribution is -0.123. The maximum atomic E-state index is 12.4. The van der Waals surface area contributed by atoms with Crippen molar-refractivity contribution in [3.8, 4) is 5.75 Å². The molecule has 144 valence electrons. The predicted molar refractivity (Wildman–Crippen MR) is 101 cm³/mol. The molecule has 0 unspecified atom stereocenters. The van der Waals surface area contributed by atoms with Crippen molar-refractivity contribution < 1.29 is 27.5 Å². The Morgan fingerprint density at radius 2 is 1.78 bits per heavy atom. The van der Waals surface area contributed by atoms with Crippen molar-refractivity contribution in [3.05, 3.63) is 53.6 Å². The number of amides is 1. The number of sulfone groups is 1. The van der Waals surface area contributed by atoms with Crippen molar-refractivity contribution in [1.82, 2.24) is 0 Å². The van der Waals surface area contributed by atoms with Gasteiger partial charge in [-0.2, -0.15) is 0 Å². The van der Waals surface area contributed by atoms with Crippen LogP contribution in [0.5, 0.6) is 5.75 Å². The molecule has 1 N–H and O–H groups in total. The Morgan fingerprint density at radius 3 is 2.41 bits per heavy atom. The summed E-state index contributed by atoms with van der Waals surface area (Å²) in [5.41, 5.74) is 1.24. The molecule has 0 saturated heterocycles. The van der Waals surface area contributed by atoms with Crippen molar-refractivity contribution in [3.63, 3.8) is 0 Å². The standard InChI is InChI=1S/C19H21NO6S/c1-12-9-10-16(25-3)15(11-12)20-18(21)13(2)26-19(22)14-7-5-6-8-17(14)27(4,23)24/h5-11,13H,1-4H3,(H,20,21)/t13-/m1/s1. The number of aryl methyl sites for hydroxylation is 1. The van der Waals surface area contributed by atoms with E-state index in [1.54, 1.807) is 12.1 Å². The summed E-state index contributed by atoms with van der Waals surface area (Å²) < 4.78 is 34.0. The molecule has 2 aromatic rings. The van der Waals surface area contributed by atoms with E-state index in [-0.39, 0.29) is 10.5 Å². The summed E-state index contributed by atoms with van der Waals surface area (Å²) in [6, 6.07) is 11.0. The zero-order chi connectivity index (χ0) is 20.2. The number of anilines is 1. The molecule has 0 aromatic heterocycles. The number of benzene rings is 2. The molecular weight excluding hydrogens is 370 g/mol. The first-order chi connectivity index (χ1) is 12.6. The number of methoxy groups -OCH3 is 1. The molecule has 0 bridgehead atoms. The molecule has 1 atom stereocenters. The second-order valence-corrected chi connectivity index (χ2v) is 7.99. The van der Waals surface area contributed by atoms with Crippen LogP contribution < -0.4 is 10.1 Å². The fourth-order valence-electron chi connectivity index (χ4n) is 2.39. The van der Waals surface area contributed by atoms with Crippen LogP contribution in [0.4, 0.5) is 5.69 Å². The van der Waals surface area contributed by atoms with E-state index in [0.29, 0.717) is 11.4 Å². The SMILES string of the molecule is COc1ccc(C)cc1NC(=O)[C@@H](C)OC(=O)c1ccccc1S(C)(=O)=O. The van der Waals surface area contributed by atoms with Crippen LogP contribution in [0.1, 0.15) is 22.8 Å². The van der Waals surface area contributed by atoms with E-state index >= 15 is 0 Å². The molecule has 2 rings (SSSR count). The van der Waals surface area contributed by atoms with Gasteiger partial charge in [-0.1, -0.05) is 18.2 Å². The molecule has 8 heteroatoms. The first-order valence-electron chi connectivity index (χ1n) is 8.09. The van der Waals surface area contributed by atoms with Crippen molar-refractivity contribution in [1.29, 1.82) is 0 Å². The Morgan fingerprint density at radius 1 is 1.11 bits per heavy atom. The fourth-order valence-corrected chi connectivity index (χ4v) is 3.27. The highest BCUT2D eigenvalue weighted by Gasteiger charge is 2.24. The maximum absolute atomic E-state index is 12.4. The van der Waals surface area contributed by atoms with Crippen LogP contribution in [0.2, 0.25) is 0 Å². The minimum absolute atomic E-state index is 0.118. The Bertz CT molecular complexity index is 968. The third kappa shape index (κ3) is 5.07. The van der Waals surface area contributed by atoms with Gasteiger partial charge in [0.25, 0.3) is 5.91 Å². The predicted octanol–water partition coefficient (Wildman–Crippen LogP) is 2.59. The zero-order valence-corrected chi connectivity index (χ0v) is 16.3. The number of ether oxygens (including phenoxy) is 2. The lowest BCUT2D eigenvalue weighted by atomic mass is 10.2. The Hall–Kier alpha value is -2.87. The van der Waals surface area contributed by atoms with Gasteiger partial charge in [0.05, 0.1) is 23.3 Å². The number of rotatable bonds is 6. The number of hydrogen-bond donors (Lipinski definition) is 1. The smallest absolute Gasteiger partial charge is 0.340 e. The van der Waals surface area contributed by atoms with Gasteiger partial charge in [0, 0.05) is 6.26 Å². The highest BCUT2D eigenvalue weighted by molar-refractivity contribution is 7.90. The Kier molecular flexibility index (Phi) is 6.22. The van der Waals surface area contributed by atoms with Gasteiger partial charge < -0.3 is 14.8 Å². The van der Waals surface area contributed by atoms with Gasteiger partial charge in [0.2, 0.25) is 0 Å². The lowest BCUT2D eigenvalue weighted by Crippen LogP contribution is -2.30. The highest BCUT2D eigenvalue weighted by Crippen LogP contribution is 2.25. The van der Waals surface area contributed by atoms with Gasteiger partial charge in [0.1, 0.15) is 5.75 Å². The van der Waals surface area contributed by atoms with Crippen LogP contribution in [0, 0.1) is 6.92 Å². The van der Waals surface area contributed by atoms with Gasteiger partial charge >= 0.3 is 5.97 Å². The van der Waals surface area contributed by atoms with E-state index in [1.165, 1.54) is 38.3 Å². The fraction of sp³-hybridized carbons (Fsp3) is 0.263. The van der Waals surface area contributed by atoms with Gasteiger partial charge in [-0.3, -0.25) is 4.79 Å². The molecule has 0 saturated carbocycles. The average Bonchev–Trinajstić information content (AvgIpc) is 2.61. The summed E-state index contributed by atoms with van der Waals surface area (Å²) in [6.45, 7) is 3.26. The molecule has 1 amide bonds. The number of carbonyl (C=O) groups is 2. The third-order valence-corrected chi connectivity index (χ3v) is 4.93. The van der Waals surface area contributed by atoms with Crippen LogP contribution >= 0.6 is 0 Å². The maximum Gasteiger partial charge on any atom is 0.340 e. The second-order valence-electron chi connectivity index (χ2n) is 6.01. The van der Waals surface area contributed by atoms with Crippen LogP contribution in [0.25, 0.3) is 0 Å². The quantitative estimate of drug-likeness (QED) is 0.760. The normalized spacial score (nSPS) is 12.1. The molecule has 0 aliphatic carbocycles. The summed E-state index contributed by atoms with van der Waals surface area (Å²) in [7, 11) is -2.14. The van der Waals surface area contributed by atoms with Gasteiger partial charge in [-0.25, -0.2) is 13.2 Å². The molecule has 0 aliphatic heterocycles. The van der Waals surface area contributed by atoms with Gasteiger partial charge in [-0.15, -0.1) is 0 Å². The number of hydrogen-bond acceptors (Lipinski definition) is 6. The molecule has 0 heterocycles. The minimum atomic E-state index is -3.61. The van der Waals surface area contributed by atoms with Crippen molar-refractivity contribution in [2.75, 3.05) is 18.7 Å². The molecule has 7 nitrogen and oxygen atoms in total. The monoisotopic (exact) mass is 391 g/mol. The highest BCUT2D eigenvalue weighted by atomic mass is 32.2. The zero-order valence-electron chi connectivity index (χ0n) is 15.5. The largest absolute Gasteiger partial charge is 0.495 e. The van der Waals surface area contributed by atoms with Crippen LogP contribution in [0.3, 0.4) is 0 Å². The Labute approximate surface area is 158 Å². The number of carbonyl (C=O) groups excluding carboxylic acids is 2. The summed E-state index contributed by atoms with van der Waals surface area (Å²) >= 11 is 0. The number of nitrogens with one attached hydrogen (secondary N) is 1. The molecule has 27 heavy (non-hydrogen) atoms. The van der Waals surface area contributed by atoms with E-state index in [2.05, 4.69) is 5.32 Å². The van der Waals surface area contributed by atoms with Crippen molar-refractivity contribution in [2.24, 2.45) is 0 Å². The summed E-state index contributed by atoms with van der Waals surface area (Å²) in [4.78, 5) is 24.6. The molecule has 0 aliphatic rings. The van der Waals surface area contributed by atoms with Crippen LogP contribution in [0.15, 0.2) is 47.4 Å². The van der Waals surface area contributed by atoms with Crippen LogP contribution in [-0.2, 0) is 19.4 Å². The van der Waals surface area contributed by atoms with E-state index in [0.717, 1.165) is 11.8 Å². The lowest BCUT2D eigenvalue weighted by Gasteiger charge is -2.16. The van der Waals surface area contributed by atoms with E-state index in [1.807, 2.05) is 13.0 Å². The van der Waals surface area contributed by atoms with E-state index < -0.39 is 27.8 Å². The van der Waals surface area contributed by atoms with E-state index in [4.69, 9.17) is 9.47 Å². The topological polar surface area (TPSA) is 98.8 Å². The van der Waals surface area contributed by atoms with Gasteiger partial charge in [-0.05, 0) is 43.7 Å². The number of esters is 1. The summed E-state index contributed by atoms with van der Waals surface area (Å²) in [6.07, 6.45) is -0.144. The van der Waals surface area contributed by atoms with E-state index in [9.17, 15) is 18.0 Å². The molecule has 2 aromatic carbocycles. The molecule has 0 spiro atoms. The summed E-state index contributed by atoms with van der Waals surface area (Å²) in [5.74, 6) is -0.992. The molecule has 0 radical (unpaired) electrons. The summed E-state index contributed by atoms with van der Waals surface area (Å²) in [5, 5.41) is 2.64. The first kappa shape index (κ1) is 20.4.